The molecular weight excluding hydrogens is 711 g/mol. The number of unbranched alkanes of at least 4 members (excludes halogenated alkanes) is 30. The third kappa shape index (κ3) is 21.5. The zero-order valence-electron chi connectivity index (χ0n) is 35.2. The Balaban J connectivity index is 1.71. The standard InChI is InChI=1S/C46H81O8P/c1-3-5-7-9-11-13-15-17-19-21-23-25-27-29-31-33-37-53-55(51,46(50)41-39-52-45-40(43(41)48)35-36-42(47)44(45)49)54-38-34-32-30-28-26-24-22-20-18-16-14-12-10-8-6-4-2/h35-36,39,46-47,49-50H,3-34,37-38H2,1-2H3. The molecule has 0 aliphatic heterocycles. The van der Waals surface area contributed by atoms with E-state index in [1.165, 1.54) is 166 Å². The molecule has 0 radical (unpaired) electrons. The second kappa shape index (κ2) is 32.1. The fraction of sp³-hybridized carbons (Fsp3) is 0.804. The molecule has 1 unspecified atom stereocenters. The molecule has 55 heavy (non-hydrogen) atoms. The topological polar surface area (TPSA) is 126 Å². The molecule has 1 atom stereocenters. The van der Waals surface area contributed by atoms with Gasteiger partial charge in [-0.05, 0) is 25.0 Å². The maximum Gasteiger partial charge on any atom is 0.363 e. The average molecular weight is 793 g/mol. The highest BCUT2D eigenvalue weighted by molar-refractivity contribution is 7.54. The summed E-state index contributed by atoms with van der Waals surface area (Å²) in [5.74, 6) is -2.84. The number of fused-ring (bicyclic) bond motifs is 1. The van der Waals surface area contributed by atoms with Gasteiger partial charge in [0.2, 0.25) is 5.75 Å². The van der Waals surface area contributed by atoms with Crippen LogP contribution in [0, 0.1) is 0 Å². The fourth-order valence-electron chi connectivity index (χ4n) is 7.40. The molecular formula is C46H81O8P. The molecule has 0 bridgehead atoms. The molecule has 0 spiro atoms. The van der Waals surface area contributed by atoms with Crippen molar-refractivity contribution in [2.24, 2.45) is 0 Å². The molecule has 2 aromatic rings. The summed E-state index contributed by atoms with van der Waals surface area (Å²) < 4.78 is 31.1. The number of phenolic OH excluding ortho intramolecular Hbond substituents is 2. The minimum absolute atomic E-state index is 0.0472. The van der Waals surface area contributed by atoms with E-state index in [0.717, 1.165) is 44.8 Å². The van der Waals surface area contributed by atoms with Crippen LogP contribution in [0.25, 0.3) is 11.0 Å². The largest absolute Gasteiger partial charge is 0.504 e. The Kier molecular flexibility index (Phi) is 28.8. The van der Waals surface area contributed by atoms with Gasteiger partial charge in [0.05, 0.1) is 24.2 Å². The molecule has 3 N–H and O–H groups in total. The van der Waals surface area contributed by atoms with Gasteiger partial charge in [-0.3, -0.25) is 9.36 Å². The second-order valence-corrected chi connectivity index (χ2v) is 18.1. The first-order valence-corrected chi connectivity index (χ1v) is 24.5. The summed E-state index contributed by atoms with van der Waals surface area (Å²) in [4.78, 5) is 13.3. The summed E-state index contributed by atoms with van der Waals surface area (Å²) in [5.41, 5.74) is -1.14. The summed E-state index contributed by atoms with van der Waals surface area (Å²) in [6.45, 7) is 4.83. The predicted molar refractivity (Wildman–Crippen MR) is 229 cm³/mol. The van der Waals surface area contributed by atoms with Crippen molar-refractivity contribution in [3.05, 3.63) is 34.2 Å². The molecule has 0 amide bonds. The van der Waals surface area contributed by atoms with Crippen LogP contribution in [0.2, 0.25) is 0 Å². The van der Waals surface area contributed by atoms with Crippen molar-refractivity contribution in [3.63, 3.8) is 0 Å². The van der Waals surface area contributed by atoms with E-state index in [2.05, 4.69) is 13.8 Å². The summed E-state index contributed by atoms with van der Waals surface area (Å²) in [6.07, 6.45) is 40.8. The van der Waals surface area contributed by atoms with Crippen molar-refractivity contribution in [1.82, 2.24) is 0 Å². The lowest BCUT2D eigenvalue weighted by molar-refractivity contribution is 0.137. The van der Waals surface area contributed by atoms with E-state index in [0.29, 0.717) is 12.8 Å². The fourth-order valence-corrected chi connectivity index (χ4v) is 9.04. The number of benzene rings is 1. The van der Waals surface area contributed by atoms with Crippen LogP contribution in [0.4, 0.5) is 0 Å². The van der Waals surface area contributed by atoms with Crippen LogP contribution in [0.3, 0.4) is 0 Å². The van der Waals surface area contributed by atoms with Crippen LogP contribution in [0.15, 0.2) is 27.6 Å². The number of rotatable bonds is 38. The highest BCUT2D eigenvalue weighted by atomic mass is 31.2. The Labute approximate surface area is 335 Å². The van der Waals surface area contributed by atoms with Gasteiger partial charge in [0.25, 0.3) is 0 Å². The van der Waals surface area contributed by atoms with E-state index in [4.69, 9.17) is 13.5 Å². The smallest absolute Gasteiger partial charge is 0.363 e. The molecule has 0 saturated heterocycles. The van der Waals surface area contributed by atoms with Crippen LogP contribution < -0.4 is 5.43 Å². The first kappa shape index (κ1) is 49.3. The third-order valence-corrected chi connectivity index (χ3v) is 13.0. The average Bonchev–Trinajstić information content (AvgIpc) is 3.18. The van der Waals surface area contributed by atoms with Crippen LogP contribution in [-0.2, 0) is 13.6 Å². The van der Waals surface area contributed by atoms with Gasteiger partial charge in [-0.15, -0.1) is 0 Å². The monoisotopic (exact) mass is 793 g/mol. The van der Waals surface area contributed by atoms with E-state index in [9.17, 15) is 24.7 Å². The van der Waals surface area contributed by atoms with Gasteiger partial charge in [0.15, 0.2) is 22.6 Å². The Morgan fingerprint density at radius 1 is 0.545 bits per heavy atom. The number of aliphatic hydroxyl groups is 1. The van der Waals surface area contributed by atoms with Crippen LogP contribution >= 0.6 is 7.60 Å². The predicted octanol–water partition coefficient (Wildman–Crippen LogP) is 14.9. The first-order valence-electron chi connectivity index (χ1n) is 22.9. The molecule has 318 valence electrons. The SMILES string of the molecule is CCCCCCCCCCCCCCCCCCOP(=O)(OCCCCCCCCCCCCCCCCCC)C(O)c1coc2c(O)c(O)ccc2c1=O. The van der Waals surface area contributed by atoms with Crippen molar-refractivity contribution < 1.29 is 33.3 Å². The van der Waals surface area contributed by atoms with E-state index in [1.807, 2.05) is 0 Å². The van der Waals surface area contributed by atoms with Gasteiger partial charge in [0, 0.05) is 0 Å². The normalized spacial score (nSPS) is 12.6. The van der Waals surface area contributed by atoms with Crippen molar-refractivity contribution in [1.29, 1.82) is 0 Å². The molecule has 1 aromatic heterocycles. The Hall–Kier alpha value is -1.86. The zero-order valence-corrected chi connectivity index (χ0v) is 36.1. The van der Waals surface area contributed by atoms with E-state index in [-0.39, 0.29) is 29.7 Å². The highest BCUT2D eigenvalue weighted by Crippen LogP contribution is 2.59. The summed E-state index contributed by atoms with van der Waals surface area (Å²) >= 11 is 0. The van der Waals surface area contributed by atoms with Gasteiger partial charge in [-0.2, -0.15) is 0 Å². The molecule has 0 saturated carbocycles. The number of hydrogen-bond donors (Lipinski definition) is 3. The Bertz CT molecular complexity index is 1280. The summed E-state index contributed by atoms with van der Waals surface area (Å²) in [7, 11) is -4.15. The molecule has 2 rings (SSSR count). The Morgan fingerprint density at radius 3 is 1.22 bits per heavy atom. The maximum absolute atomic E-state index is 14.1. The van der Waals surface area contributed by atoms with E-state index >= 15 is 0 Å². The van der Waals surface area contributed by atoms with Crippen molar-refractivity contribution in [3.8, 4) is 11.5 Å². The van der Waals surface area contributed by atoms with Gasteiger partial charge in [0.1, 0.15) is 6.26 Å². The van der Waals surface area contributed by atoms with Crippen LogP contribution in [-0.4, -0.2) is 28.5 Å². The molecule has 8 nitrogen and oxygen atoms in total. The molecule has 9 heteroatoms. The highest BCUT2D eigenvalue weighted by Gasteiger charge is 2.38. The number of hydrogen-bond acceptors (Lipinski definition) is 8. The van der Waals surface area contributed by atoms with Crippen molar-refractivity contribution in [2.45, 2.75) is 225 Å². The minimum atomic E-state index is -4.15. The lowest BCUT2D eigenvalue weighted by Crippen LogP contribution is -2.16. The molecule has 0 aliphatic carbocycles. The lowest BCUT2D eigenvalue weighted by Gasteiger charge is -2.23. The third-order valence-electron chi connectivity index (χ3n) is 11.0. The van der Waals surface area contributed by atoms with Crippen molar-refractivity contribution in [2.75, 3.05) is 13.2 Å². The van der Waals surface area contributed by atoms with Crippen molar-refractivity contribution >= 4 is 18.6 Å². The molecule has 0 aliphatic rings. The minimum Gasteiger partial charge on any atom is -0.504 e. The number of aromatic hydroxyl groups is 2. The van der Waals surface area contributed by atoms with Crippen LogP contribution in [0.5, 0.6) is 11.5 Å². The quantitative estimate of drug-likeness (QED) is 0.0348. The number of aliphatic hydroxyl groups excluding tert-OH is 1. The van der Waals surface area contributed by atoms with Gasteiger partial charge in [-0.1, -0.05) is 206 Å². The molecule has 0 fully saturated rings. The van der Waals surface area contributed by atoms with Gasteiger partial charge >= 0.3 is 7.60 Å². The van der Waals surface area contributed by atoms with Gasteiger partial charge in [-0.25, -0.2) is 0 Å². The second-order valence-electron chi connectivity index (χ2n) is 16.0. The maximum atomic E-state index is 14.1. The Morgan fingerprint density at radius 2 is 0.873 bits per heavy atom. The van der Waals surface area contributed by atoms with E-state index < -0.39 is 30.4 Å². The first-order chi connectivity index (χ1) is 26.9. The lowest BCUT2D eigenvalue weighted by atomic mass is 10.0. The molecule has 1 aromatic carbocycles. The summed E-state index contributed by atoms with van der Waals surface area (Å²) in [6, 6.07) is 2.47. The molecule has 1 heterocycles. The van der Waals surface area contributed by atoms with Gasteiger partial charge < -0.3 is 28.8 Å². The summed E-state index contributed by atoms with van der Waals surface area (Å²) in [5, 5.41) is 31.2. The zero-order chi connectivity index (χ0) is 39.8. The number of phenols is 2. The van der Waals surface area contributed by atoms with Crippen LogP contribution in [0.1, 0.15) is 231 Å². The van der Waals surface area contributed by atoms with E-state index in [1.54, 1.807) is 0 Å².